The van der Waals surface area contributed by atoms with Crippen LogP contribution in [0.3, 0.4) is 0 Å². The van der Waals surface area contributed by atoms with Crippen LogP contribution in [-0.4, -0.2) is 32.3 Å². The second-order valence-corrected chi connectivity index (χ2v) is 8.98. The van der Waals surface area contributed by atoms with Gasteiger partial charge >= 0.3 is 0 Å². The monoisotopic (exact) mass is 483 g/mol. The molecular weight excluding hydrogens is 458 g/mol. The van der Waals surface area contributed by atoms with Crippen molar-refractivity contribution in [3.63, 3.8) is 0 Å². The van der Waals surface area contributed by atoms with Crippen LogP contribution in [0.1, 0.15) is 40.3 Å². The molecule has 7 nitrogen and oxygen atoms in total. The third kappa shape index (κ3) is 6.46. The summed E-state index contributed by atoms with van der Waals surface area (Å²) in [6.07, 6.45) is 1.72. The molecule has 2 amide bonds. The van der Waals surface area contributed by atoms with Crippen molar-refractivity contribution in [2.75, 3.05) is 11.1 Å². The predicted molar refractivity (Wildman–Crippen MR) is 133 cm³/mol. The zero-order valence-corrected chi connectivity index (χ0v) is 20.3. The van der Waals surface area contributed by atoms with Gasteiger partial charge in [0.2, 0.25) is 5.91 Å². The maximum atomic E-state index is 12.6. The molecule has 0 fully saturated rings. The van der Waals surface area contributed by atoms with Crippen LogP contribution in [0.2, 0.25) is 5.02 Å². The van der Waals surface area contributed by atoms with E-state index in [0.29, 0.717) is 28.1 Å². The average Bonchev–Trinajstić information content (AvgIpc) is 3.18. The van der Waals surface area contributed by atoms with E-state index in [1.54, 1.807) is 30.3 Å². The maximum absolute atomic E-state index is 12.6. The van der Waals surface area contributed by atoms with E-state index in [9.17, 15) is 9.59 Å². The molecule has 1 atom stereocenters. The van der Waals surface area contributed by atoms with Crippen LogP contribution in [0.4, 0.5) is 5.69 Å². The van der Waals surface area contributed by atoms with Crippen molar-refractivity contribution in [3.05, 3.63) is 82.7 Å². The third-order valence-electron chi connectivity index (χ3n) is 4.90. The van der Waals surface area contributed by atoms with Gasteiger partial charge in [-0.15, -0.1) is 16.8 Å². The van der Waals surface area contributed by atoms with Crippen LogP contribution in [0.15, 0.2) is 60.3 Å². The number of rotatable bonds is 9. The molecule has 0 aliphatic rings. The zero-order chi connectivity index (χ0) is 24.0. The summed E-state index contributed by atoms with van der Waals surface area (Å²) < 4.78 is 1.84. The topological polar surface area (TPSA) is 88.9 Å². The molecule has 0 bridgehead atoms. The second-order valence-electron chi connectivity index (χ2n) is 7.60. The van der Waals surface area contributed by atoms with E-state index in [1.807, 2.05) is 43.5 Å². The highest BCUT2D eigenvalue weighted by atomic mass is 35.5. The van der Waals surface area contributed by atoms with Crippen molar-refractivity contribution >= 4 is 40.9 Å². The molecule has 1 aromatic heterocycles. The number of aromatic nitrogens is 3. The van der Waals surface area contributed by atoms with Crippen molar-refractivity contribution in [3.8, 4) is 0 Å². The highest BCUT2D eigenvalue weighted by Gasteiger charge is 2.20. The number of aryl methyl sites for hydroxylation is 2. The Morgan fingerprint density at radius 3 is 2.61 bits per heavy atom. The molecular formula is C24H26ClN5O2S. The number of carbonyl (C=O) groups is 2. The minimum absolute atomic E-state index is 0.132. The predicted octanol–water partition coefficient (Wildman–Crippen LogP) is 4.96. The summed E-state index contributed by atoms with van der Waals surface area (Å²) in [6.45, 7) is 10.0. The van der Waals surface area contributed by atoms with Gasteiger partial charge in [0.15, 0.2) is 11.0 Å². The Balaban J connectivity index is 1.67. The molecule has 0 spiro atoms. The standard InChI is InChI=1S/C24H26ClN5O2S/c1-5-12-30-22(17(4)26-23(32)18-8-10-19(25)11-9-18)28-29-24(30)33-14-21(31)27-20-13-15(2)6-7-16(20)3/h5-11,13,17H,1,12,14H2,2-4H3,(H,26,32)(H,27,31)/t17-/m0/s1. The first-order valence-electron chi connectivity index (χ1n) is 10.4. The fourth-order valence-electron chi connectivity index (χ4n) is 3.16. The Morgan fingerprint density at radius 1 is 1.18 bits per heavy atom. The molecule has 0 saturated carbocycles. The first-order valence-corrected chi connectivity index (χ1v) is 11.7. The first-order chi connectivity index (χ1) is 15.8. The Labute approximate surface area is 202 Å². The minimum atomic E-state index is -0.404. The molecule has 0 aliphatic heterocycles. The number of nitrogens with zero attached hydrogens (tertiary/aromatic N) is 3. The van der Waals surface area contributed by atoms with E-state index in [1.165, 1.54) is 11.8 Å². The van der Waals surface area contributed by atoms with E-state index in [-0.39, 0.29) is 17.6 Å². The van der Waals surface area contributed by atoms with Crippen LogP contribution in [0.25, 0.3) is 0 Å². The van der Waals surface area contributed by atoms with Crippen LogP contribution in [-0.2, 0) is 11.3 Å². The van der Waals surface area contributed by atoms with Gasteiger partial charge in [-0.1, -0.05) is 41.6 Å². The van der Waals surface area contributed by atoms with Gasteiger partial charge in [0.25, 0.3) is 5.91 Å². The number of nitrogens with one attached hydrogen (secondary N) is 2. The number of benzene rings is 2. The van der Waals surface area contributed by atoms with Crippen LogP contribution < -0.4 is 10.6 Å². The van der Waals surface area contributed by atoms with Gasteiger partial charge in [-0.3, -0.25) is 9.59 Å². The highest BCUT2D eigenvalue weighted by Crippen LogP contribution is 2.22. The largest absolute Gasteiger partial charge is 0.342 e. The molecule has 172 valence electrons. The Bertz CT molecular complexity index is 1160. The van der Waals surface area contributed by atoms with Crippen LogP contribution >= 0.6 is 23.4 Å². The number of hydrogen-bond donors (Lipinski definition) is 2. The summed E-state index contributed by atoms with van der Waals surface area (Å²) >= 11 is 7.18. The van der Waals surface area contributed by atoms with Gasteiger partial charge < -0.3 is 15.2 Å². The van der Waals surface area contributed by atoms with Gasteiger partial charge in [0, 0.05) is 22.8 Å². The number of amides is 2. The number of hydrogen-bond acceptors (Lipinski definition) is 5. The lowest BCUT2D eigenvalue weighted by molar-refractivity contribution is -0.113. The van der Waals surface area contributed by atoms with E-state index in [4.69, 9.17) is 11.6 Å². The maximum Gasteiger partial charge on any atom is 0.251 e. The van der Waals surface area contributed by atoms with Crippen molar-refractivity contribution < 1.29 is 9.59 Å². The van der Waals surface area contributed by atoms with Crippen molar-refractivity contribution in [1.82, 2.24) is 20.1 Å². The van der Waals surface area contributed by atoms with Gasteiger partial charge in [0.05, 0.1) is 11.8 Å². The SMILES string of the molecule is C=CCn1c(SCC(=O)Nc2cc(C)ccc2C)nnc1[C@H](C)NC(=O)c1ccc(Cl)cc1. The molecule has 3 aromatic rings. The van der Waals surface area contributed by atoms with E-state index < -0.39 is 6.04 Å². The van der Waals surface area contributed by atoms with Gasteiger partial charge in [0.1, 0.15) is 0 Å². The lowest BCUT2D eigenvalue weighted by atomic mass is 10.1. The number of halogens is 1. The molecule has 0 saturated heterocycles. The molecule has 2 aromatic carbocycles. The third-order valence-corrected chi connectivity index (χ3v) is 6.12. The summed E-state index contributed by atoms with van der Waals surface area (Å²) in [6, 6.07) is 12.2. The smallest absolute Gasteiger partial charge is 0.251 e. The molecule has 9 heteroatoms. The van der Waals surface area contributed by atoms with Gasteiger partial charge in [-0.25, -0.2) is 0 Å². The van der Waals surface area contributed by atoms with Crippen LogP contribution in [0.5, 0.6) is 0 Å². The lowest BCUT2D eigenvalue weighted by Gasteiger charge is -2.15. The molecule has 0 radical (unpaired) electrons. The summed E-state index contributed by atoms with van der Waals surface area (Å²) in [7, 11) is 0. The summed E-state index contributed by atoms with van der Waals surface area (Å²) in [5, 5.41) is 15.5. The number of allylic oxidation sites excluding steroid dienone is 1. The Kier molecular flexibility index (Phi) is 8.30. The number of thioether (sulfide) groups is 1. The fourth-order valence-corrected chi connectivity index (χ4v) is 4.04. The quantitative estimate of drug-likeness (QED) is 0.332. The number of anilines is 1. The zero-order valence-electron chi connectivity index (χ0n) is 18.8. The lowest BCUT2D eigenvalue weighted by Crippen LogP contribution is -2.28. The first kappa shape index (κ1) is 24.5. The van der Waals surface area contributed by atoms with Gasteiger partial charge in [-0.2, -0.15) is 0 Å². The summed E-state index contributed by atoms with van der Waals surface area (Å²) in [5.74, 6) is 0.380. The van der Waals surface area contributed by atoms with E-state index in [0.717, 1.165) is 16.8 Å². The van der Waals surface area contributed by atoms with E-state index >= 15 is 0 Å². The molecule has 33 heavy (non-hydrogen) atoms. The molecule has 0 unspecified atom stereocenters. The Hall–Kier alpha value is -3.10. The summed E-state index contributed by atoms with van der Waals surface area (Å²) in [4.78, 5) is 25.1. The summed E-state index contributed by atoms with van der Waals surface area (Å²) in [5.41, 5.74) is 3.38. The Morgan fingerprint density at radius 2 is 1.91 bits per heavy atom. The van der Waals surface area contributed by atoms with Crippen molar-refractivity contribution in [2.45, 2.75) is 38.5 Å². The van der Waals surface area contributed by atoms with Crippen LogP contribution in [0, 0.1) is 13.8 Å². The number of carbonyl (C=O) groups excluding carboxylic acids is 2. The minimum Gasteiger partial charge on any atom is -0.342 e. The highest BCUT2D eigenvalue weighted by molar-refractivity contribution is 7.99. The van der Waals surface area contributed by atoms with Gasteiger partial charge in [-0.05, 0) is 62.2 Å². The normalized spacial score (nSPS) is 11.6. The van der Waals surface area contributed by atoms with Crippen molar-refractivity contribution in [1.29, 1.82) is 0 Å². The molecule has 1 heterocycles. The second kappa shape index (κ2) is 11.2. The van der Waals surface area contributed by atoms with E-state index in [2.05, 4.69) is 27.4 Å². The molecule has 0 aliphatic carbocycles. The molecule has 2 N–H and O–H groups in total. The molecule has 3 rings (SSSR count). The fraction of sp³-hybridized carbons (Fsp3) is 0.250. The average molecular weight is 484 g/mol. The van der Waals surface area contributed by atoms with Crippen molar-refractivity contribution in [2.24, 2.45) is 0 Å².